The number of amidine groups is 1. The van der Waals surface area contributed by atoms with Crippen molar-refractivity contribution in [3.8, 4) is 0 Å². The van der Waals surface area contributed by atoms with Gasteiger partial charge in [-0.25, -0.2) is 0 Å². The van der Waals surface area contributed by atoms with Crippen molar-refractivity contribution in [1.29, 1.82) is 0 Å². The maximum Gasteiger partial charge on any atom is 0.157 e. The molecule has 20 heavy (non-hydrogen) atoms. The Morgan fingerprint density at radius 1 is 1.25 bits per heavy atom. The molecule has 0 unspecified atom stereocenters. The van der Waals surface area contributed by atoms with E-state index in [1.54, 1.807) is 0 Å². The van der Waals surface area contributed by atoms with Gasteiger partial charge in [0.15, 0.2) is 5.17 Å². The van der Waals surface area contributed by atoms with Crippen molar-refractivity contribution >= 4 is 16.9 Å². The van der Waals surface area contributed by atoms with Gasteiger partial charge < -0.3 is 10.1 Å². The maximum absolute atomic E-state index is 5.47. The van der Waals surface area contributed by atoms with Gasteiger partial charge in [-0.1, -0.05) is 44.4 Å². The van der Waals surface area contributed by atoms with E-state index in [2.05, 4.69) is 12.2 Å². The lowest BCUT2D eigenvalue weighted by Gasteiger charge is -2.32. The summed E-state index contributed by atoms with van der Waals surface area (Å²) in [5.74, 6) is 3.06. The van der Waals surface area contributed by atoms with E-state index < -0.39 is 0 Å². The summed E-state index contributed by atoms with van der Waals surface area (Å²) in [7, 11) is 0. The summed E-state index contributed by atoms with van der Waals surface area (Å²) >= 11 is 1.92. The number of nitrogens with zero attached hydrogens (tertiary/aromatic N) is 1. The minimum absolute atomic E-state index is 0.294. The molecule has 0 aromatic rings. The quantitative estimate of drug-likeness (QED) is 0.866. The number of nitrogens with one attached hydrogen (secondary N) is 1. The first kappa shape index (κ1) is 14.7. The molecule has 0 amide bonds. The van der Waals surface area contributed by atoms with Crippen molar-refractivity contribution in [2.75, 3.05) is 25.5 Å². The van der Waals surface area contributed by atoms with Crippen molar-refractivity contribution in [2.24, 2.45) is 16.8 Å². The SMILES string of the molecule is CC1CCC(CCN=C2NC3(CCOCC3)CS2)CC1. The summed E-state index contributed by atoms with van der Waals surface area (Å²) in [6.45, 7) is 5.21. The number of hydrogen-bond donors (Lipinski definition) is 1. The number of aliphatic imine (C=N–C) groups is 1. The minimum Gasteiger partial charge on any atom is -0.381 e. The van der Waals surface area contributed by atoms with Gasteiger partial charge in [-0.15, -0.1) is 0 Å². The van der Waals surface area contributed by atoms with E-state index in [1.807, 2.05) is 11.8 Å². The molecule has 1 aliphatic carbocycles. The zero-order valence-electron chi connectivity index (χ0n) is 12.7. The van der Waals surface area contributed by atoms with Gasteiger partial charge in [-0.3, -0.25) is 4.99 Å². The van der Waals surface area contributed by atoms with Gasteiger partial charge >= 0.3 is 0 Å². The van der Waals surface area contributed by atoms with Gasteiger partial charge in [0.25, 0.3) is 0 Å². The van der Waals surface area contributed by atoms with E-state index in [0.29, 0.717) is 5.54 Å². The molecule has 0 bridgehead atoms. The molecule has 0 atom stereocenters. The predicted octanol–water partition coefficient (Wildman–Crippen LogP) is 3.44. The second kappa shape index (κ2) is 6.69. The molecule has 2 heterocycles. The largest absolute Gasteiger partial charge is 0.381 e. The fraction of sp³-hybridized carbons (Fsp3) is 0.938. The summed E-state index contributed by atoms with van der Waals surface area (Å²) in [6, 6.07) is 0. The molecule has 2 saturated heterocycles. The lowest BCUT2D eigenvalue weighted by Crippen LogP contribution is -2.48. The van der Waals surface area contributed by atoms with Crippen LogP contribution in [0, 0.1) is 11.8 Å². The molecule has 0 aromatic carbocycles. The molecular formula is C16H28N2OS. The van der Waals surface area contributed by atoms with Gasteiger partial charge in [0.2, 0.25) is 0 Å². The molecule has 3 rings (SSSR count). The van der Waals surface area contributed by atoms with E-state index in [1.165, 1.54) is 43.0 Å². The number of thioether (sulfide) groups is 1. The second-order valence-corrected chi connectivity index (χ2v) is 7.87. The molecule has 1 N–H and O–H groups in total. The van der Waals surface area contributed by atoms with Crippen LogP contribution >= 0.6 is 11.8 Å². The predicted molar refractivity (Wildman–Crippen MR) is 86.4 cm³/mol. The first-order chi connectivity index (χ1) is 9.76. The average molecular weight is 296 g/mol. The molecule has 2 aliphatic heterocycles. The summed E-state index contributed by atoms with van der Waals surface area (Å²) in [5, 5.41) is 4.87. The zero-order chi connectivity index (χ0) is 13.8. The van der Waals surface area contributed by atoms with E-state index >= 15 is 0 Å². The topological polar surface area (TPSA) is 33.6 Å². The molecule has 0 radical (unpaired) electrons. The van der Waals surface area contributed by atoms with Crippen LogP contribution in [0.15, 0.2) is 4.99 Å². The Labute approximate surface area is 127 Å². The van der Waals surface area contributed by atoms with E-state index in [-0.39, 0.29) is 0 Å². The highest BCUT2D eigenvalue weighted by atomic mass is 32.2. The van der Waals surface area contributed by atoms with E-state index in [9.17, 15) is 0 Å². The second-order valence-electron chi connectivity index (χ2n) is 6.91. The molecule has 3 nitrogen and oxygen atoms in total. The van der Waals surface area contributed by atoms with Crippen LogP contribution in [-0.4, -0.2) is 36.2 Å². The van der Waals surface area contributed by atoms with Crippen LogP contribution < -0.4 is 5.32 Å². The lowest BCUT2D eigenvalue weighted by atomic mass is 9.81. The van der Waals surface area contributed by atoms with Crippen LogP contribution in [0.4, 0.5) is 0 Å². The van der Waals surface area contributed by atoms with Crippen molar-refractivity contribution in [1.82, 2.24) is 5.32 Å². The van der Waals surface area contributed by atoms with Gasteiger partial charge in [0.1, 0.15) is 0 Å². The molecule has 3 fully saturated rings. The van der Waals surface area contributed by atoms with Crippen LogP contribution in [0.2, 0.25) is 0 Å². The Morgan fingerprint density at radius 2 is 2.00 bits per heavy atom. The summed E-state index contributed by atoms with van der Waals surface area (Å²) < 4.78 is 5.47. The minimum atomic E-state index is 0.294. The standard InChI is InChI=1S/C16H28N2OS/c1-13-2-4-14(5-3-13)6-9-17-15-18-16(12-20-15)7-10-19-11-8-16/h13-14H,2-12H2,1H3,(H,17,18). The van der Waals surface area contributed by atoms with Crippen molar-refractivity contribution in [3.05, 3.63) is 0 Å². The summed E-state index contributed by atoms with van der Waals surface area (Å²) in [6.07, 6.45) is 9.27. The number of rotatable bonds is 3. The first-order valence-corrected chi connectivity index (χ1v) is 9.27. The van der Waals surface area contributed by atoms with Gasteiger partial charge in [-0.05, 0) is 31.1 Å². The molecule has 1 saturated carbocycles. The summed E-state index contributed by atoms with van der Waals surface area (Å²) in [4.78, 5) is 4.81. The zero-order valence-corrected chi connectivity index (χ0v) is 13.5. The monoisotopic (exact) mass is 296 g/mol. The van der Waals surface area contributed by atoms with Crippen LogP contribution in [-0.2, 0) is 4.74 Å². The normalized spacial score (nSPS) is 35.4. The van der Waals surface area contributed by atoms with Gasteiger partial charge in [0.05, 0.1) is 5.54 Å². The van der Waals surface area contributed by atoms with Gasteiger partial charge in [0, 0.05) is 25.5 Å². The molecule has 0 aromatic heterocycles. The average Bonchev–Trinajstić information content (AvgIpc) is 2.85. The number of ether oxygens (including phenoxy) is 1. The number of hydrogen-bond acceptors (Lipinski definition) is 3. The van der Waals surface area contributed by atoms with Crippen molar-refractivity contribution in [2.45, 2.75) is 57.4 Å². The highest BCUT2D eigenvalue weighted by molar-refractivity contribution is 8.14. The first-order valence-electron chi connectivity index (χ1n) is 8.29. The maximum atomic E-state index is 5.47. The van der Waals surface area contributed by atoms with Crippen LogP contribution in [0.3, 0.4) is 0 Å². The molecule has 3 aliphatic rings. The lowest BCUT2D eigenvalue weighted by molar-refractivity contribution is 0.0555. The van der Waals surface area contributed by atoms with E-state index in [4.69, 9.17) is 9.73 Å². The third kappa shape index (κ3) is 3.70. The highest BCUT2D eigenvalue weighted by Gasteiger charge is 2.38. The Morgan fingerprint density at radius 3 is 2.75 bits per heavy atom. The summed E-state index contributed by atoms with van der Waals surface area (Å²) in [5.41, 5.74) is 0.294. The Balaban J connectivity index is 1.41. The molecular weight excluding hydrogens is 268 g/mol. The Hall–Kier alpha value is -0.220. The van der Waals surface area contributed by atoms with Crippen molar-refractivity contribution < 1.29 is 4.74 Å². The molecule has 4 heteroatoms. The highest BCUT2D eigenvalue weighted by Crippen LogP contribution is 2.33. The Bertz CT molecular complexity index is 344. The van der Waals surface area contributed by atoms with Crippen LogP contribution in [0.1, 0.15) is 51.9 Å². The third-order valence-electron chi connectivity index (χ3n) is 5.24. The molecule has 1 spiro atoms. The van der Waals surface area contributed by atoms with Crippen LogP contribution in [0.5, 0.6) is 0 Å². The Kier molecular flexibility index (Phi) is 4.92. The van der Waals surface area contributed by atoms with Gasteiger partial charge in [-0.2, -0.15) is 0 Å². The fourth-order valence-electron chi connectivity index (χ4n) is 3.59. The van der Waals surface area contributed by atoms with Crippen LogP contribution in [0.25, 0.3) is 0 Å². The van der Waals surface area contributed by atoms with E-state index in [0.717, 1.165) is 44.4 Å². The smallest absolute Gasteiger partial charge is 0.157 e. The molecule has 114 valence electrons. The fourth-order valence-corrected chi connectivity index (χ4v) is 4.83. The van der Waals surface area contributed by atoms with Crippen molar-refractivity contribution in [3.63, 3.8) is 0 Å². The third-order valence-corrected chi connectivity index (χ3v) is 6.44.